The molecule has 2 saturated carbocycles. The van der Waals surface area contributed by atoms with Crippen molar-refractivity contribution in [2.75, 3.05) is 7.11 Å². The maximum absolute atomic E-state index is 15.2. The van der Waals surface area contributed by atoms with Gasteiger partial charge in [-0.1, -0.05) is 50.8 Å². The van der Waals surface area contributed by atoms with Crippen molar-refractivity contribution in [3.8, 4) is 5.75 Å². The molecule has 0 aromatic heterocycles. The highest BCUT2D eigenvalue weighted by Crippen LogP contribution is 2.43. The first-order valence-electron chi connectivity index (χ1n) is 14.4. The zero-order chi connectivity index (χ0) is 26.4. The smallest absolute Gasteiger partial charge is 0.200 e. The Kier molecular flexibility index (Phi) is 9.95. The van der Waals surface area contributed by atoms with Gasteiger partial charge in [0.1, 0.15) is 0 Å². The zero-order valence-corrected chi connectivity index (χ0v) is 22.4. The predicted molar refractivity (Wildman–Crippen MR) is 141 cm³/mol. The minimum absolute atomic E-state index is 0.0178. The summed E-state index contributed by atoms with van der Waals surface area (Å²) in [6.07, 6.45) is 13.8. The van der Waals surface area contributed by atoms with Gasteiger partial charge in [0.05, 0.1) is 7.11 Å². The molecule has 0 radical (unpaired) electrons. The van der Waals surface area contributed by atoms with Crippen LogP contribution in [0.2, 0.25) is 0 Å². The lowest BCUT2D eigenvalue weighted by atomic mass is 9.75. The second-order valence-electron chi connectivity index (χ2n) is 11.4. The lowest BCUT2D eigenvalue weighted by Crippen LogP contribution is -2.18. The molecule has 204 valence electrons. The summed E-state index contributed by atoms with van der Waals surface area (Å²) in [5, 5.41) is 0. The molecule has 0 unspecified atom stereocenters. The van der Waals surface area contributed by atoms with Gasteiger partial charge in [-0.05, 0) is 111 Å². The number of ether oxygens (including phenoxy) is 1. The molecular weight excluding hydrogens is 476 g/mol. The van der Waals surface area contributed by atoms with Crippen LogP contribution in [0, 0.1) is 35.1 Å². The first kappa shape index (κ1) is 28.0. The van der Waals surface area contributed by atoms with Crippen LogP contribution in [0.3, 0.4) is 0 Å². The van der Waals surface area contributed by atoms with Crippen molar-refractivity contribution in [3.05, 3.63) is 64.2 Å². The minimum Gasteiger partial charge on any atom is -0.494 e. The number of rotatable bonds is 10. The van der Waals surface area contributed by atoms with Gasteiger partial charge in [-0.25, -0.2) is 13.2 Å². The predicted octanol–water partition coefficient (Wildman–Crippen LogP) is 10.0. The molecule has 5 heteroatoms. The van der Waals surface area contributed by atoms with Crippen LogP contribution in [0.5, 0.6) is 5.75 Å². The lowest BCUT2D eigenvalue weighted by molar-refractivity contribution is 0.294. The third kappa shape index (κ3) is 6.70. The number of hydrogen-bond donors (Lipinski definition) is 0. The first-order chi connectivity index (χ1) is 17.9. The molecule has 0 bridgehead atoms. The Hall–Kier alpha value is -2.04. The number of halogens is 4. The summed E-state index contributed by atoms with van der Waals surface area (Å²) in [6, 6.07) is 6.73. The maximum atomic E-state index is 15.2. The van der Waals surface area contributed by atoms with E-state index in [1.165, 1.54) is 38.9 Å². The first-order valence-corrected chi connectivity index (χ1v) is 14.4. The number of aryl methyl sites for hydroxylation is 1. The van der Waals surface area contributed by atoms with Crippen LogP contribution < -0.4 is 4.74 Å². The van der Waals surface area contributed by atoms with Crippen molar-refractivity contribution < 1.29 is 22.3 Å². The molecule has 0 atom stereocenters. The van der Waals surface area contributed by atoms with Crippen molar-refractivity contribution in [2.45, 2.75) is 109 Å². The average molecular weight is 519 g/mol. The van der Waals surface area contributed by atoms with Gasteiger partial charge in [0.25, 0.3) is 0 Å². The Morgan fingerprint density at radius 2 is 1.19 bits per heavy atom. The highest BCUT2D eigenvalue weighted by molar-refractivity contribution is 5.32. The summed E-state index contributed by atoms with van der Waals surface area (Å²) in [7, 11) is 1.32. The maximum Gasteiger partial charge on any atom is 0.200 e. The summed E-state index contributed by atoms with van der Waals surface area (Å²) in [4.78, 5) is 0. The molecule has 2 aromatic rings. The van der Waals surface area contributed by atoms with Crippen molar-refractivity contribution in [1.29, 1.82) is 0 Å². The summed E-state index contributed by atoms with van der Waals surface area (Å²) in [6.45, 7) is 2.22. The number of unbranched alkanes of at least 4 members (excludes halogenated alkanes) is 2. The molecule has 0 aliphatic heterocycles. The number of benzene rings is 2. The van der Waals surface area contributed by atoms with Crippen molar-refractivity contribution in [2.24, 2.45) is 11.8 Å². The fraction of sp³-hybridized carbons (Fsp3) is 0.625. The molecule has 0 heterocycles. The van der Waals surface area contributed by atoms with E-state index in [1.54, 1.807) is 6.07 Å². The van der Waals surface area contributed by atoms with Crippen LogP contribution >= 0.6 is 0 Å². The SMILES string of the molecule is CCCCCC1CCC(c2ccc(C3CCC(CCc4ccc(OC)c(F)c4F)CC3)c(F)c2F)CC1. The van der Waals surface area contributed by atoms with Gasteiger partial charge in [0, 0.05) is 0 Å². The van der Waals surface area contributed by atoms with Crippen molar-refractivity contribution in [3.63, 3.8) is 0 Å². The summed E-state index contributed by atoms with van der Waals surface area (Å²) >= 11 is 0. The second kappa shape index (κ2) is 13.2. The highest BCUT2D eigenvalue weighted by atomic mass is 19.2. The average Bonchev–Trinajstić information content (AvgIpc) is 2.92. The van der Waals surface area contributed by atoms with Crippen LogP contribution in [0.4, 0.5) is 17.6 Å². The number of methoxy groups -OCH3 is 1. The van der Waals surface area contributed by atoms with E-state index in [0.29, 0.717) is 29.0 Å². The zero-order valence-electron chi connectivity index (χ0n) is 22.4. The van der Waals surface area contributed by atoms with Gasteiger partial charge in [-0.3, -0.25) is 0 Å². The van der Waals surface area contributed by atoms with Crippen LogP contribution in [0.15, 0.2) is 24.3 Å². The molecule has 2 aromatic carbocycles. The highest BCUT2D eigenvalue weighted by Gasteiger charge is 2.30. The molecule has 1 nitrogen and oxygen atoms in total. The Morgan fingerprint density at radius 1 is 0.649 bits per heavy atom. The van der Waals surface area contributed by atoms with E-state index in [-0.39, 0.29) is 17.6 Å². The minimum atomic E-state index is -0.940. The monoisotopic (exact) mass is 518 g/mol. The Balaban J connectivity index is 1.29. The topological polar surface area (TPSA) is 9.23 Å². The Bertz CT molecular complexity index is 1020. The quantitative estimate of drug-likeness (QED) is 0.225. The molecular formula is C32H42F4O. The normalized spacial score (nSPS) is 24.3. The van der Waals surface area contributed by atoms with Gasteiger partial charge in [0.2, 0.25) is 5.82 Å². The Labute approximate surface area is 220 Å². The largest absolute Gasteiger partial charge is 0.494 e. The summed E-state index contributed by atoms with van der Waals surface area (Å²) in [5.41, 5.74) is 1.44. The molecule has 4 rings (SSSR count). The third-order valence-electron chi connectivity index (χ3n) is 9.10. The molecule has 2 aliphatic carbocycles. The van der Waals surface area contributed by atoms with E-state index in [2.05, 4.69) is 6.92 Å². The molecule has 0 saturated heterocycles. The molecule has 37 heavy (non-hydrogen) atoms. The standard InChI is InChI=1S/C32H42F4O/c1-3-4-5-6-21-7-12-23(13-8-21)26-18-19-27(31(35)30(26)34)24-14-9-22(10-15-24)11-16-25-17-20-28(37-2)32(36)29(25)33/h17-24H,3-16H2,1-2H3. The van der Waals surface area contributed by atoms with Crippen LogP contribution in [-0.2, 0) is 6.42 Å². The summed E-state index contributed by atoms with van der Waals surface area (Å²) in [5.74, 6) is -1.88. The van der Waals surface area contributed by atoms with E-state index in [1.807, 2.05) is 12.1 Å². The molecule has 0 N–H and O–H groups in total. The van der Waals surface area contributed by atoms with Crippen molar-refractivity contribution >= 4 is 0 Å². The van der Waals surface area contributed by atoms with Crippen molar-refractivity contribution in [1.82, 2.24) is 0 Å². The van der Waals surface area contributed by atoms with E-state index < -0.39 is 23.3 Å². The van der Waals surface area contributed by atoms with Crippen LogP contribution in [0.1, 0.15) is 119 Å². The second-order valence-corrected chi connectivity index (χ2v) is 11.4. The molecule has 2 fully saturated rings. The van der Waals surface area contributed by atoms with E-state index in [0.717, 1.165) is 63.7 Å². The van der Waals surface area contributed by atoms with Gasteiger partial charge >= 0.3 is 0 Å². The van der Waals surface area contributed by atoms with E-state index in [4.69, 9.17) is 4.74 Å². The van der Waals surface area contributed by atoms with Crippen LogP contribution in [0.25, 0.3) is 0 Å². The fourth-order valence-corrected chi connectivity index (χ4v) is 6.70. The van der Waals surface area contributed by atoms with E-state index >= 15 is 8.78 Å². The van der Waals surface area contributed by atoms with Gasteiger partial charge in [-0.2, -0.15) is 4.39 Å². The third-order valence-corrected chi connectivity index (χ3v) is 9.10. The Morgan fingerprint density at radius 3 is 1.70 bits per heavy atom. The summed E-state index contributed by atoms with van der Waals surface area (Å²) < 4.78 is 63.6. The van der Waals surface area contributed by atoms with Gasteiger partial charge < -0.3 is 4.74 Å². The molecule has 0 amide bonds. The van der Waals surface area contributed by atoms with Gasteiger partial charge in [0.15, 0.2) is 23.2 Å². The fourth-order valence-electron chi connectivity index (χ4n) is 6.70. The van der Waals surface area contributed by atoms with Crippen LogP contribution in [-0.4, -0.2) is 7.11 Å². The molecule has 2 aliphatic rings. The number of hydrogen-bond acceptors (Lipinski definition) is 1. The molecule has 0 spiro atoms. The van der Waals surface area contributed by atoms with Gasteiger partial charge in [-0.15, -0.1) is 0 Å². The lowest BCUT2D eigenvalue weighted by Gasteiger charge is -2.31. The van der Waals surface area contributed by atoms with E-state index in [9.17, 15) is 8.78 Å².